The van der Waals surface area contributed by atoms with Crippen molar-refractivity contribution in [3.8, 4) is 0 Å². The van der Waals surface area contributed by atoms with E-state index in [-0.39, 0.29) is 58.2 Å². The van der Waals surface area contributed by atoms with Gasteiger partial charge in [0.15, 0.2) is 0 Å². The summed E-state index contributed by atoms with van der Waals surface area (Å²) in [5, 5.41) is 0. The summed E-state index contributed by atoms with van der Waals surface area (Å²) < 4.78 is 0. The Labute approximate surface area is 207 Å². The van der Waals surface area contributed by atoms with Gasteiger partial charge >= 0.3 is 58.2 Å². The summed E-state index contributed by atoms with van der Waals surface area (Å²) >= 11 is 0. The second kappa shape index (κ2) is 13.8. The molecular weight excluding hydrogens is 378 g/mol. The molecule has 3 heteroatoms. The van der Waals surface area contributed by atoms with Crippen LogP contribution in [-0.4, -0.2) is 49.6 Å². The maximum Gasteiger partial charge on any atom is 1.00 e. The van der Waals surface area contributed by atoms with Crippen LogP contribution in [0, 0.1) is 24.2 Å². The summed E-state index contributed by atoms with van der Waals surface area (Å²) in [4.78, 5) is 5.02. The summed E-state index contributed by atoms with van der Waals surface area (Å²) in [6.07, 6.45) is 16.9. The van der Waals surface area contributed by atoms with Crippen molar-refractivity contribution in [3.05, 3.63) is 6.42 Å². The molecule has 2 nitrogen and oxygen atoms in total. The molecule has 0 aromatic heterocycles. The molecule has 0 bridgehead atoms. The smallest absolute Gasteiger partial charge is 0.328 e. The first-order chi connectivity index (χ1) is 11.6. The summed E-state index contributed by atoms with van der Waals surface area (Å²) in [7, 11) is 4.54. The van der Waals surface area contributed by atoms with Crippen LogP contribution in [0.25, 0.3) is 0 Å². The van der Waals surface area contributed by atoms with Crippen molar-refractivity contribution in [2.24, 2.45) is 17.8 Å². The van der Waals surface area contributed by atoms with Crippen LogP contribution < -0.4 is 58.2 Å². The van der Waals surface area contributed by atoms with Gasteiger partial charge < -0.3 is 16.2 Å². The third-order valence-corrected chi connectivity index (χ3v) is 6.85. The van der Waals surface area contributed by atoms with E-state index in [1.165, 1.54) is 83.8 Å². The van der Waals surface area contributed by atoms with E-state index in [4.69, 9.17) is 0 Å². The quantitative estimate of drug-likeness (QED) is 0.643. The Morgan fingerprint density at radius 2 is 1.64 bits per heavy atom. The van der Waals surface area contributed by atoms with Gasteiger partial charge in [-0.2, -0.15) is 12.8 Å². The minimum Gasteiger partial charge on any atom is -0.328 e. The Morgan fingerprint density at radius 3 is 2.16 bits per heavy atom. The van der Waals surface area contributed by atoms with Crippen LogP contribution in [0.1, 0.15) is 78.1 Å². The molecule has 3 aliphatic rings. The van der Waals surface area contributed by atoms with Crippen LogP contribution in [0.3, 0.4) is 0 Å². The largest absolute Gasteiger partial charge is 1.00 e. The van der Waals surface area contributed by atoms with Crippen LogP contribution in [0.5, 0.6) is 0 Å². The predicted molar refractivity (Wildman–Crippen MR) is 106 cm³/mol. The molecule has 0 spiro atoms. The van der Waals surface area contributed by atoms with Crippen molar-refractivity contribution >= 4 is 0 Å². The van der Waals surface area contributed by atoms with E-state index < -0.39 is 0 Å². The van der Waals surface area contributed by atoms with Crippen molar-refractivity contribution in [3.63, 3.8) is 0 Å². The monoisotopic (exact) mass is 420 g/mol. The SMILES string of the molecule is CCN(C)CC1CCC(C)CC1.CN1CCC[C@@H]1C1CC[CH-]CC1.[Rb+]. The topological polar surface area (TPSA) is 6.48 Å². The number of hydrogen-bond acceptors (Lipinski definition) is 2. The molecule has 2 saturated carbocycles. The van der Waals surface area contributed by atoms with Gasteiger partial charge in [-0.15, -0.1) is 0 Å². The van der Waals surface area contributed by atoms with Gasteiger partial charge in [-0.25, -0.2) is 0 Å². The molecule has 1 heterocycles. The van der Waals surface area contributed by atoms with Gasteiger partial charge in [-0.1, -0.05) is 39.5 Å². The molecule has 142 valence electrons. The maximum atomic E-state index is 2.58. The van der Waals surface area contributed by atoms with E-state index in [1.54, 1.807) is 0 Å². The van der Waals surface area contributed by atoms with Crippen LogP contribution in [0.4, 0.5) is 0 Å². The summed E-state index contributed by atoms with van der Waals surface area (Å²) in [6, 6.07) is 0.929. The molecular formula is C22H43N2Rb. The first kappa shape index (κ1) is 24.8. The van der Waals surface area contributed by atoms with Crippen molar-refractivity contribution in [1.82, 2.24) is 9.80 Å². The predicted octanol–water partition coefficient (Wildman–Crippen LogP) is 2.24. The minimum atomic E-state index is 0. The number of likely N-dealkylation sites (tertiary alicyclic amines) is 1. The molecule has 2 aliphatic carbocycles. The average Bonchev–Trinajstić information content (AvgIpc) is 3.04. The number of hydrogen-bond donors (Lipinski definition) is 0. The van der Waals surface area contributed by atoms with E-state index in [1.807, 2.05) is 0 Å². The Hall–Kier alpha value is 1.73. The molecule has 25 heavy (non-hydrogen) atoms. The molecule has 0 aromatic rings. The minimum absolute atomic E-state index is 0. The van der Waals surface area contributed by atoms with E-state index in [0.29, 0.717) is 0 Å². The molecule has 1 atom stereocenters. The zero-order valence-electron chi connectivity index (χ0n) is 18.0. The Kier molecular flexibility index (Phi) is 13.7. The van der Waals surface area contributed by atoms with Gasteiger partial charge in [0.25, 0.3) is 0 Å². The van der Waals surface area contributed by atoms with Crippen molar-refractivity contribution in [1.29, 1.82) is 0 Å². The van der Waals surface area contributed by atoms with Crippen LogP contribution in [0.15, 0.2) is 0 Å². The van der Waals surface area contributed by atoms with Crippen molar-refractivity contribution in [2.45, 2.75) is 84.1 Å². The first-order valence-electron chi connectivity index (χ1n) is 10.8. The number of rotatable bonds is 4. The van der Waals surface area contributed by atoms with Gasteiger partial charge in [0.1, 0.15) is 0 Å². The van der Waals surface area contributed by atoms with E-state index >= 15 is 0 Å². The van der Waals surface area contributed by atoms with E-state index in [2.05, 4.69) is 44.2 Å². The molecule has 0 N–H and O–H groups in total. The van der Waals surface area contributed by atoms with Gasteiger partial charge in [0.2, 0.25) is 0 Å². The third kappa shape index (κ3) is 9.18. The summed E-state index contributed by atoms with van der Waals surface area (Å²) in [6.45, 7) is 8.49. The Balaban J connectivity index is 0.000000240. The van der Waals surface area contributed by atoms with Gasteiger partial charge in [-0.3, -0.25) is 0 Å². The first-order valence-corrected chi connectivity index (χ1v) is 10.8. The van der Waals surface area contributed by atoms with Crippen LogP contribution in [0.2, 0.25) is 0 Å². The van der Waals surface area contributed by atoms with Crippen molar-refractivity contribution < 1.29 is 58.2 Å². The molecule has 1 aliphatic heterocycles. The molecule has 1 saturated heterocycles. The van der Waals surface area contributed by atoms with E-state index in [0.717, 1.165) is 23.8 Å². The summed E-state index contributed by atoms with van der Waals surface area (Å²) in [5.74, 6) is 3.00. The van der Waals surface area contributed by atoms with Gasteiger partial charge in [-0.05, 0) is 70.6 Å². The van der Waals surface area contributed by atoms with Gasteiger partial charge in [0.05, 0.1) is 0 Å². The van der Waals surface area contributed by atoms with Gasteiger partial charge in [0, 0.05) is 12.6 Å². The zero-order valence-corrected chi connectivity index (χ0v) is 22.9. The maximum absolute atomic E-state index is 2.58. The standard InChI is InChI=1S/C11H20N.C11H23N.Rb/c1-12-9-5-8-11(12)10-6-3-2-4-7-10;1-4-12(3)9-11-7-5-10(2)6-8-11;/h2,10-11H,3-9H2,1H3;10-11H,4-9H2,1-3H3;/q-1;;+1/t11-;;/m1../s1. The fourth-order valence-corrected chi connectivity index (χ4v) is 4.95. The van der Waals surface area contributed by atoms with Crippen LogP contribution >= 0.6 is 0 Å². The fourth-order valence-electron chi connectivity index (χ4n) is 4.95. The number of nitrogens with zero attached hydrogens (tertiary/aromatic N) is 2. The fraction of sp³-hybridized carbons (Fsp3) is 0.955. The Morgan fingerprint density at radius 1 is 1.00 bits per heavy atom. The molecule has 0 aromatic carbocycles. The van der Waals surface area contributed by atoms with Crippen LogP contribution in [-0.2, 0) is 0 Å². The Bertz CT molecular complexity index is 322. The second-order valence-corrected chi connectivity index (χ2v) is 8.87. The molecule has 3 rings (SSSR count). The van der Waals surface area contributed by atoms with Crippen molar-refractivity contribution in [2.75, 3.05) is 33.7 Å². The molecule has 3 fully saturated rings. The third-order valence-electron chi connectivity index (χ3n) is 6.85. The molecule has 0 unspecified atom stereocenters. The molecule has 0 radical (unpaired) electrons. The summed E-state index contributed by atoms with van der Waals surface area (Å²) in [5.41, 5.74) is 0. The molecule has 0 amide bonds. The zero-order chi connectivity index (χ0) is 17.4. The normalized spacial score (nSPS) is 31.3. The second-order valence-electron chi connectivity index (χ2n) is 8.87. The average molecular weight is 421 g/mol. The van der Waals surface area contributed by atoms with E-state index in [9.17, 15) is 0 Å².